The van der Waals surface area contributed by atoms with Gasteiger partial charge in [-0.1, -0.05) is 15.9 Å². The third-order valence-corrected chi connectivity index (χ3v) is 5.28. The van der Waals surface area contributed by atoms with Crippen molar-refractivity contribution in [3.8, 4) is 5.75 Å². The molecule has 2 aliphatic heterocycles. The summed E-state index contributed by atoms with van der Waals surface area (Å²) >= 11 is 3.58. The normalized spacial score (nSPS) is 23.8. The van der Waals surface area contributed by atoms with Crippen molar-refractivity contribution < 1.29 is 4.74 Å². The number of hydrogen-bond donors (Lipinski definition) is 0. The minimum atomic E-state index is 0.715. The van der Waals surface area contributed by atoms with Crippen molar-refractivity contribution in [3.05, 3.63) is 28.2 Å². The van der Waals surface area contributed by atoms with Crippen LogP contribution in [-0.2, 0) is 6.54 Å². The lowest BCUT2D eigenvalue weighted by molar-refractivity contribution is 0.184. The topological polar surface area (TPSA) is 15.7 Å². The predicted octanol–water partition coefficient (Wildman–Crippen LogP) is 3.52. The molecule has 2 heterocycles. The number of benzene rings is 1. The van der Waals surface area contributed by atoms with Crippen molar-refractivity contribution in [2.75, 3.05) is 33.3 Å². The van der Waals surface area contributed by atoms with E-state index in [1.807, 2.05) is 6.07 Å². The Labute approximate surface area is 136 Å². The lowest BCUT2D eigenvalue weighted by Gasteiger charge is -2.29. The molecule has 0 bridgehead atoms. The van der Waals surface area contributed by atoms with Crippen molar-refractivity contribution in [2.24, 2.45) is 0 Å². The molecule has 21 heavy (non-hydrogen) atoms. The van der Waals surface area contributed by atoms with Gasteiger partial charge in [0.2, 0.25) is 0 Å². The summed E-state index contributed by atoms with van der Waals surface area (Å²) in [5.41, 5.74) is 1.29. The van der Waals surface area contributed by atoms with Gasteiger partial charge in [-0.15, -0.1) is 0 Å². The summed E-state index contributed by atoms with van der Waals surface area (Å²) < 4.78 is 6.65. The van der Waals surface area contributed by atoms with Crippen molar-refractivity contribution in [3.63, 3.8) is 0 Å². The van der Waals surface area contributed by atoms with E-state index in [9.17, 15) is 0 Å². The van der Waals surface area contributed by atoms with Crippen molar-refractivity contribution in [1.82, 2.24) is 9.80 Å². The first-order chi connectivity index (χ1) is 10.3. The van der Waals surface area contributed by atoms with Crippen LogP contribution in [0.15, 0.2) is 22.7 Å². The van der Waals surface area contributed by atoms with Gasteiger partial charge in [0, 0.05) is 29.2 Å². The van der Waals surface area contributed by atoms with Crippen LogP contribution < -0.4 is 4.74 Å². The van der Waals surface area contributed by atoms with Gasteiger partial charge in [0.05, 0.1) is 7.11 Å². The summed E-state index contributed by atoms with van der Waals surface area (Å²) in [6, 6.07) is 7.02. The molecule has 3 rings (SSSR count). The molecule has 1 aromatic carbocycles. The summed E-state index contributed by atoms with van der Waals surface area (Å²) in [5, 5.41) is 0. The van der Waals surface area contributed by atoms with E-state index < -0.39 is 0 Å². The van der Waals surface area contributed by atoms with Crippen LogP contribution in [0.3, 0.4) is 0 Å². The van der Waals surface area contributed by atoms with Crippen LogP contribution in [0.1, 0.15) is 31.2 Å². The molecule has 0 saturated carbocycles. The van der Waals surface area contributed by atoms with Gasteiger partial charge in [-0.05, 0) is 63.5 Å². The van der Waals surface area contributed by atoms with E-state index in [4.69, 9.17) is 4.74 Å². The van der Waals surface area contributed by atoms with Gasteiger partial charge < -0.3 is 9.64 Å². The fourth-order valence-corrected chi connectivity index (χ4v) is 4.07. The Morgan fingerprint density at radius 2 is 2.00 bits per heavy atom. The van der Waals surface area contributed by atoms with Gasteiger partial charge in [-0.2, -0.15) is 0 Å². The monoisotopic (exact) mass is 352 g/mol. The highest BCUT2D eigenvalue weighted by Crippen LogP contribution is 2.28. The minimum absolute atomic E-state index is 0.715. The molecule has 116 valence electrons. The van der Waals surface area contributed by atoms with Gasteiger partial charge in [0.15, 0.2) is 0 Å². The van der Waals surface area contributed by atoms with Gasteiger partial charge in [-0.3, -0.25) is 4.90 Å². The fourth-order valence-electron chi connectivity index (χ4n) is 3.66. The SMILES string of the molecule is COc1ccc(Br)cc1CN1CCC[C@@H]1CN1CCCC1. The van der Waals surface area contributed by atoms with E-state index in [1.165, 1.54) is 57.4 Å². The van der Waals surface area contributed by atoms with E-state index in [0.717, 1.165) is 16.8 Å². The molecular formula is C17H25BrN2O. The van der Waals surface area contributed by atoms with Crippen LogP contribution in [0.4, 0.5) is 0 Å². The van der Waals surface area contributed by atoms with E-state index in [-0.39, 0.29) is 0 Å². The maximum atomic E-state index is 5.52. The van der Waals surface area contributed by atoms with Crippen LogP contribution in [-0.4, -0.2) is 49.1 Å². The summed E-state index contributed by atoms with van der Waals surface area (Å²) in [6.45, 7) is 6.06. The smallest absolute Gasteiger partial charge is 0.123 e. The molecule has 0 unspecified atom stereocenters. The summed E-state index contributed by atoms with van der Waals surface area (Å²) in [4.78, 5) is 5.28. The zero-order chi connectivity index (χ0) is 14.7. The molecule has 0 radical (unpaired) electrons. The molecule has 4 heteroatoms. The first kappa shape index (κ1) is 15.3. The number of nitrogens with zero attached hydrogens (tertiary/aromatic N) is 2. The Hall–Kier alpha value is -0.580. The molecule has 0 N–H and O–H groups in total. The predicted molar refractivity (Wildman–Crippen MR) is 89.8 cm³/mol. The molecule has 2 aliphatic rings. The Morgan fingerprint density at radius 3 is 2.76 bits per heavy atom. The maximum absolute atomic E-state index is 5.52. The third-order valence-electron chi connectivity index (χ3n) is 4.78. The van der Waals surface area contributed by atoms with Crippen LogP contribution in [0, 0.1) is 0 Å². The van der Waals surface area contributed by atoms with Gasteiger partial charge >= 0.3 is 0 Å². The maximum Gasteiger partial charge on any atom is 0.123 e. The second-order valence-corrected chi connectivity index (χ2v) is 7.15. The van der Waals surface area contributed by atoms with Crippen LogP contribution in [0.2, 0.25) is 0 Å². The quantitative estimate of drug-likeness (QED) is 0.806. The van der Waals surface area contributed by atoms with Crippen molar-refractivity contribution >= 4 is 15.9 Å². The molecule has 0 aromatic heterocycles. The first-order valence-electron chi connectivity index (χ1n) is 8.05. The highest BCUT2D eigenvalue weighted by atomic mass is 79.9. The summed E-state index contributed by atoms with van der Waals surface area (Å²) in [5.74, 6) is 1.00. The molecule has 1 atom stereocenters. The first-order valence-corrected chi connectivity index (χ1v) is 8.84. The second-order valence-electron chi connectivity index (χ2n) is 6.23. The highest BCUT2D eigenvalue weighted by Gasteiger charge is 2.28. The van der Waals surface area contributed by atoms with Crippen LogP contribution >= 0.6 is 15.9 Å². The molecule has 0 aliphatic carbocycles. The highest BCUT2D eigenvalue weighted by molar-refractivity contribution is 9.10. The molecule has 0 spiro atoms. The number of halogens is 1. The average molecular weight is 353 g/mol. The molecule has 2 fully saturated rings. The second kappa shape index (κ2) is 7.12. The zero-order valence-corrected chi connectivity index (χ0v) is 14.4. The molecule has 3 nitrogen and oxygen atoms in total. The molecule has 1 aromatic rings. The Kier molecular flexibility index (Phi) is 5.19. The van der Waals surface area contributed by atoms with Gasteiger partial charge in [0.1, 0.15) is 5.75 Å². The lowest BCUT2D eigenvalue weighted by Crippen LogP contribution is -2.38. The molecule has 0 amide bonds. The fraction of sp³-hybridized carbons (Fsp3) is 0.647. The molecule has 2 saturated heterocycles. The average Bonchev–Trinajstić information content (AvgIpc) is 3.12. The number of hydrogen-bond acceptors (Lipinski definition) is 3. The number of likely N-dealkylation sites (tertiary alicyclic amines) is 2. The summed E-state index contributed by atoms with van der Waals surface area (Å²) in [6.07, 6.45) is 5.43. The number of methoxy groups -OCH3 is 1. The van der Waals surface area contributed by atoms with E-state index in [0.29, 0.717) is 6.04 Å². The largest absolute Gasteiger partial charge is 0.496 e. The van der Waals surface area contributed by atoms with E-state index >= 15 is 0 Å². The zero-order valence-electron chi connectivity index (χ0n) is 12.9. The summed E-state index contributed by atoms with van der Waals surface area (Å²) in [7, 11) is 1.76. The van der Waals surface area contributed by atoms with Crippen LogP contribution in [0.5, 0.6) is 5.75 Å². The standard InChI is InChI=1S/C17H25BrN2O/c1-21-17-7-6-15(18)11-14(17)12-20-10-4-5-16(20)13-19-8-2-3-9-19/h6-7,11,16H,2-5,8-10,12-13H2,1H3/t16-/m1/s1. The van der Waals surface area contributed by atoms with E-state index in [1.54, 1.807) is 7.11 Å². The van der Waals surface area contributed by atoms with Gasteiger partial charge in [0.25, 0.3) is 0 Å². The Bertz CT molecular complexity index is 474. The number of rotatable bonds is 5. The van der Waals surface area contributed by atoms with Crippen molar-refractivity contribution in [1.29, 1.82) is 0 Å². The number of ether oxygens (including phenoxy) is 1. The molecular weight excluding hydrogens is 328 g/mol. The Balaban J connectivity index is 1.66. The minimum Gasteiger partial charge on any atom is -0.496 e. The van der Waals surface area contributed by atoms with Crippen molar-refractivity contribution in [2.45, 2.75) is 38.3 Å². The van der Waals surface area contributed by atoms with Crippen LogP contribution in [0.25, 0.3) is 0 Å². The van der Waals surface area contributed by atoms with E-state index in [2.05, 4.69) is 37.9 Å². The van der Waals surface area contributed by atoms with Gasteiger partial charge in [-0.25, -0.2) is 0 Å². The third kappa shape index (κ3) is 3.79. The Morgan fingerprint density at radius 1 is 1.19 bits per heavy atom. The lowest BCUT2D eigenvalue weighted by atomic mass is 10.1.